The first-order valence-electron chi connectivity index (χ1n) is 4.64. The van der Waals surface area contributed by atoms with Crippen molar-refractivity contribution in [2.75, 3.05) is 13.1 Å². The Morgan fingerprint density at radius 1 is 1.64 bits per heavy atom. The molecule has 1 aromatic rings. The smallest absolute Gasteiger partial charge is 0.273 e. The molecule has 14 heavy (non-hydrogen) atoms. The van der Waals surface area contributed by atoms with Crippen LogP contribution in [0.4, 0.5) is 0 Å². The number of H-pyrrole nitrogens is 1. The highest BCUT2D eigenvalue weighted by atomic mass is 16.2. The van der Waals surface area contributed by atoms with Crippen LogP contribution in [0.5, 0.6) is 0 Å². The highest BCUT2D eigenvalue weighted by Crippen LogP contribution is 2.07. The second-order valence-electron chi connectivity index (χ2n) is 3.57. The van der Waals surface area contributed by atoms with Gasteiger partial charge in [0, 0.05) is 12.6 Å². The summed E-state index contributed by atoms with van der Waals surface area (Å²) >= 11 is 0. The molecule has 1 aromatic heterocycles. The summed E-state index contributed by atoms with van der Waals surface area (Å²) in [5.74, 6) is 0.296. The van der Waals surface area contributed by atoms with E-state index >= 15 is 0 Å². The highest BCUT2D eigenvalue weighted by molar-refractivity contribution is 5.92. The minimum absolute atomic E-state index is 0.167. The van der Waals surface area contributed by atoms with Crippen LogP contribution in [0.1, 0.15) is 17.4 Å². The molecule has 2 unspecified atom stereocenters. The SMILES string of the molecule is CC1CNCC1NC(=O)c1cn[nH]n1. The maximum atomic E-state index is 11.5. The van der Waals surface area contributed by atoms with Crippen LogP contribution in [0, 0.1) is 5.92 Å². The third kappa shape index (κ3) is 1.74. The van der Waals surface area contributed by atoms with E-state index in [4.69, 9.17) is 0 Å². The lowest BCUT2D eigenvalue weighted by molar-refractivity contribution is 0.0928. The van der Waals surface area contributed by atoms with Crippen LogP contribution in [0.2, 0.25) is 0 Å². The van der Waals surface area contributed by atoms with Gasteiger partial charge in [-0.15, -0.1) is 0 Å². The van der Waals surface area contributed by atoms with Gasteiger partial charge in [-0.2, -0.15) is 15.4 Å². The first-order chi connectivity index (χ1) is 6.77. The molecule has 1 saturated heterocycles. The largest absolute Gasteiger partial charge is 0.346 e. The van der Waals surface area contributed by atoms with Crippen LogP contribution >= 0.6 is 0 Å². The Balaban J connectivity index is 1.95. The summed E-state index contributed by atoms with van der Waals surface area (Å²) < 4.78 is 0. The quantitative estimate of drug-likeness (QED) is 0.573. The summed E-state index contributed by atoms with van der Waals surface area (Å²) in [6, 6.07) is 0.194. The molecule has 0 aliphatic carbocycles. The number of carbonyl (C=O) groups is 1. The summed E-state index contributed by atoms with van der Waals surface area (Å²) in [7, 11) is 0. The summed E-state index contributed by atoms with van der Waals surface area (Å²) in [5.41, 5.74) is 0.337. The number of amides is 1. The third-order valence-electron chi connectivity index (χ3n) is 2.48. The van der Waals surface area contributed by atoms with E-state index in [2.05, 4.69) is 33.0 Å². The van der Waals surface area contributed by atoms with Gasteiger partial charge in [0.1, 0.15) is 0 Å². The molecule has 0 radical (unpaired) electrons. The van der Waals surface area contributed by atoms with Gasteiger partial charge >= 0.3 is 0 Å². The van der Waals surface area contributed by atoms with E-state index < -0.39 is 0 Å². The standard InChI is InChI=1S/C8H13N5O/c1-5-2-9-3-6(5)11-8(14)7-4-10-13-12-7/h4-6,9H,2-3H2,1H3,(H,11,14)(H,10,12,13). The zero-order valence-corrected chi connectivity index (χ0v) is 7.95. The van der Waals surface area contributed by atoms with Crippen LogP contribution in [0.3, 0.4) is 0 Å². The van der Waals surface area contributed by atoms with Gasteiger partial charge in [-0.3, -0.25) is 4.79 Å². The van der Waals surface area contributed by atoms with Crippen molar-refractivity contribution in [3.05, 3.63) is 11.9 Å². The van der Waals surface area contributed by atoms with Crippen molar-refractivity contribution in [1.82, 2.24) is 26.0 Å². The average molecular weight is 195 g/mol. The Hall–Kier alpha value is -1.43. The van der Waals surface area contributed by atoms with Crippen LogP contribution in [0.25, 0.3) is 0 Å². The van der Waals surface area contributed by atoms with Crippen molar-refractivity contribution < 1.29 is 4.79 Å². The second-order valence-corrected chi connectivity index (χ2v) is 3.57. The molecule has 0 aromatic carbocycles. The van der Waals surface area contributed by atoms with Gasteiger partial charge in [-0.05, 0) is 12.5 Å². The van der Waals surface area contributed by atoms with E-state index in [9.17, 15) is 4.79 Å². The Morgan fingerprint density at radius 3 is 3.07 bits per heavy atom. The van der Waals surface area contributed by atoms with Crippen LogP contribution in [0.15, 0.2) is 6.20 Å². The molecule has 0 spiro atoms. The van der Waals surface area contributed by atoms with Gasteiger partial charge in [-0.25, -0.2) is 0 Å². The lowest BCUT2D eigenvalue weighted by Gasteiger charge is -2.14. The molecule has 0 saturated carbocycles. The number of nitrogens with one attached hydrogen (secondary N) is 3. The molecule has 1 aliphatic rings. The minimum atomic E-state index is -0.167. The van der Waals surface area contributed by atoms with E-state index in [1.165, 1.54) is 6.20 Å². The number of aromatic amines is 1. The molecular formula is C8H13N5O. The Morgan fingerprint density at radius 2 is 2.50 bits per heavy atom. The first-order valence-corrected chi connectivity index (χ1v) is 4.64. The molecular weight excluding hydrogens is 182 g/mol. The molecule has 1 fully saturated rings. The third-order valence-corrected chi connectivity index (χ3v) is 2.48. The predicted molar refractivity (Wildman–Crippen MR) is 49.7 cm³/mol. The molecule has 1 amide bonds. The molecule has 2 atom stereocenters. The molecule has 3 N–H and O–H groups in total. The number of carbonyl (C=O) groups excluding carboxylic acids is 1. The minimum Gasteiger partial charge on any atom is -0.346 e. The summed E-state index contributed by atoms with van der Waals surface area (Å²) in [4.78, 5) is 11.5. The monoisotopic (exact) mass is 195 g/mol. The van der Waals surface area contributed by atoms with Crippen LogP contribution < -0.4 is 10.6 Å². The van der Waals surface area contributed by atoms with Gasteiger partial charge in [0.2, 0.25) is 0 Å². The van der Waals surface area contributed by atoms with Gasteiger partial charge < -0.3 is 10.6 Å². The van der Waals surface area contributed by atoms with Crippen molar-refractivity contribution in [2.24, 2.45) is 5.92 Å². The number of rotatable bonds is 2. The Kier molecular flexibility index (Phi) is 2.45. The fourth-order valence-electron chi connectivity index (χ4n) is 1.56. The van der Waals surface area contributed by atoms with Crippen molar-refractivity contribution in [3.63, 3.8) is 0 Å². The summed E-state index contributed by atoms with van der Waals surface area (Å²) in [6.07, 6.45) is 1.42. The van der Waals surface area contributed by atoms with E-state index in [0.717, 1.165) is 13.1 Å². The van der Waals surface area contributed by atoms with Crippen LogP contribution in [-0.2, 0) is 0 Å². The lowest BCUT2D eigenvalue weighted by atomic mass is 10.1. The molecule has 1 aliphatic heterocycles. The molecule has 76 valence electrons. The maximum Gasteiger partial charge on any atom is 0.273 e. The number of hydrogen-bond donors (Lipinski definition) is 3. The zero-order valence-electron chi connectivity index (χ0n) is 7.95. The van der Waals surface area contributed by atoms with E-state index in [0.29, 0.717) is 11.6 Å². The fraction of sp³-hybridized carbons (Fsp3) is 0.625. The highest BCUT2D eigenvalue weighted by Gasteiger charge is 2.25. The molecule has 6 nitrogen and oxygen atoms in total. The van der Waals surface area contributed by atoms with E-state index in [1.54, 1.807) is 0 Å². The molecule has 0 bridgehead atoms. The fourth-order valence-corrected chi connectivity index (χ4v) is 1.56. The van der Waals surface area contributed by atoms with E-state index in [1.807, 2.05) is 0 Å². The van der Waals surface area contributed by atoms with Crippen molar-refractivity contribution in [1.29, 1.82) is 0 Å². The predicted octanol–water partition coefficient (Wildman–Crippen LogP) is -0.858. The van der Waals surface area contributed by atoms with Crippen molar-refractivity contribution >= 4 is 5.91 Å². The van der Waals surface area contributed by atoms with Gasteiger partial charge in [0.15, 0.2) is 5.69 Å². The number of nitrogens with zero attached hydrogens (tertiary/aromatic N) is 2. The maximum absolute atomic E-state index is 11.5. The molecule has 2 heterocycles. The van der Waals surface area contributed by atoms with Gasteiger partial charge in [0.25, 0.3) is 5.91 Å². The van der Waals surface area contributed by atoms with Crippen molar-refractivity contribution in [2.45, 2.75) is 13.0 Å². The van der Waals surface area contributed by atoms with E-state index in [-0.39, 0.29) is 11.9 Å². The molecule has 6 heteroatoms. The average Bonchev–Trinajstić information content (AvgIpc) is 2.77. The normalized spacial score (nSPS) is 26.4. The van der Waals surface area contributed by atoms with Crippen LogP contribution in [-0.4, -0.2) is 40.4 Å². The lowest BCUT2D eigenvalue weighted by Crippen LogP contribution is -2.39. The Bertz CT molecular complexity index is 310. The van der Waals surface area contributed by atoms with Crippen molar-refractivity contribution in [3.8, 4) is 0 Å². The summed E-state index contributed by atoms with van der Waals surface area (Å²) in [6.45, 7) is 3.88. The zero-order chi connectivity index (χ0) is 9.97. The number of hydrogen-bond acceptors (Lipinski definition) is 4. The summed E-state index contributed by atoms with van der Waals surface area (Å²) in [5, 5.41) is 15.8. The number of aromatic nitrogens is 3. The topological polar surface area (TPSA) is 82.7 Å². The second kappa shape index (κ2) is 3.75. The van der Waals surface area contributed by atoms with Gasteiger partial charge in [-0.1, -0.05) is 6.92 Å². The van der Waals surface area contributed by atoms with Gasteiger partial charge in [0.05, 0.1) is 6.20 Å². The first kappa shape index (κ1) is 9.14. The Labute approximate surface area is 81.5 Å². The molecule has 2 rings (SSSR count).